The molecule has 0 aliphatic carbocycles. The number of carbonyl (C=O) groups is 1. The SMILES string of the molecule is CCN(CC)C(=O)CNc1ccnc(NC)c1. The average Bonchev–Trinajstić information content (AvgIpc) is 2.38. The Balaban J connectivity index is 2.52. The molecular formula is C12H20N4O. The van der Waals surface area contributed by atoms with Gasteiger partial charge in [0.15, 0.2) is 0 Å². The number of amides is 1. The van der Waals surface area contributed by atoms with E-state index in [1.54, 1.807) is 11.1 Å². The van der Waals surface area contributed by atoms with Crippen molar-refractivity contribution in [3.05, 3.63) is 18.3 Å². The molecular weight excluding hydrogens is 216 g/mol. The van der Waals surface area contributed by atoms with Crippen LogP contribution >= 0.6 is 0 Å². The second kappa shape index (κ2) is 6.73. The van der Waals surface area contributed by atoms with Crippen LogP contribution in [-0.4, -0.2) is 42.5 Å². The Labute approximate surface area is 102 Å². The van der Waals surface area contributed by atoms with Gasteiger partial charge in [-0.25, -0.2) is 4.98 Å². The van der Waals surface area contributed by atoms with Crippen LogP contribution in [0, 0.1) is 0 Å². The van der Waals surface area contributed by atoms with Crippen molar-refractivity contribution in [2.75, 3.05) is 37.3 Å². The van der Waals surface area contributed by atoms with Gasteiger partial charge in [-0.05, 0) is 19.9 Å². The molecule has 0 spiro atoms. The molecule has 2 N–H and O–H groups in total. The molecule has 0 unspecified atom stereocenters. The first-order valence-corrected chi connectivity index (χ1v) is 5.86. The lowest BCUT2D eigenvalue weighted by Crippen LogP contribution is -2.35. The Morgan fingerprint density at radius 1 is 1.41 bits per heavy atom. The first-order chi connectivity index (χ1) is 8.21. The molecule has 0 saturated heterocycles. The summed E-state index contributed by atoms with van der Waals surface area (Å²) in [6, 6.07) is 3.71. The summed E-state index contributed by atoms with van der Waals surface area (Å²) < 4.78 is 0. The van der Waals surface area contributed by atoms with Crippen LogP contribution in [0.25, 0.3) is 0 Å². The molecule has 0 aliphatic rings. The van der Waals surface area contributed by atoms with Crippen LogP contribution in [0.15, 0.2) is 18.3 Å². The maximum Gasteiger partial charge on any atom is 0.241 e. The summed E-state index contributed by atoms with van der Waals surface area (Å²) in [5.74, 6) is 0.892. The van der Waals surface area contributed by atoms with Gasteiger partial charge in [-0.2, -0.15) is 0 Å². The predicted molar refractivity (Wildman–Crippen MR) is 70.2 cm³/mol. The minimum absolute atomic E-state index is 0.109. The lowest BCUT2D eigenvalue weighted by atomic mass is 10.3. The lowest BCUT2D eigenvalue weighted by Gasteiger charge is -2.19. The molecule has 5 nitrogen and oxygen atoms in total. The van der Waals surface area contributed by atoms with Gasteiger partial charge in [0.05, 0.1) is 6.54 Å². The zero-order valence-corrected chi connectivity index (χ0v) is 10.7. The first-order valence-electron chi connectivity index (χ1n) is 5.86. The van der Waals surface area contributed by atoms with Gasteiger partial charge in [-0.15, -0.1) is 0 Å². The summed E-state index contributed by atoms with van der Waals surface area (Å²) in [5.41, 5.74) is 0.893. The van der Waals surface area contributed by atoms with Crippen molar-refractivity contribution < 1.29 is 4.79 Å². The van der Waals surface area contributed by atoms with E-state index in [-0.39, 0.29) is 5.91 Å². The summed E-state index contributed by atoms with van der Waals surface area (Å²) in [5, 5.41) is 6.05. The maximum atomic E-state index is 11.8. The molecule has 1 heterocycles. The topological polar surface area (TPSA) is 57.3 Å². The number of aromatic nitrogens is 1. The summed E-state index contributed by atoms with van der Waals surface area (Å²) in [6.45, 7) is 5.76. The zero-order chi connectivity index (χ0) is 12.7. The van der Waals surface area contributed by atoms with Crippen molar-refractivity contribution in [1.82, 2.24) is 9.88 Å². The van der Waals surface area contributed by atoms with E-state index in [9.17, 15) is 4.79 Å². The highest BCUT2D eigenvalue weighted by Crippen LogP contribution is 2.10. The number of nitrogens with one attached hydrogen (secondary N) is 2. The largest absolute Gasteiger partial charge is 0.376 e. The summed E-state index contributed by atoms with van der Waals surface area (Å²) in [6.07, 6.45) is 1.70. The van der Waals surface area contributed by atoms with Crippen LogP contribution < -0.4 is 10.6 Å². The van der Waals surface area contributed by atoms with Crippen molar-refractivity contribution in [3.63, 3.8) is 0 Å². The molecule has 0 aromatic carbocycles. The van der Waals surface area contributed by atoms with E-state index in [4.69, 9.17) is 0 Å². The van der Waals surface area contributed by atoms with E-state index in [1.807, 2.05) is 33.0 Å². The molecule has 94 valence electrons. The van der Waals surface area contributed by atoms with Crippen molar-refractivity contribution in [2.45, 2.75) is 13.8 Å². The highest BCUT2D eigenvalue weighted by atomic mass is 16.2. The fourth-order valence-electron chi connectivity index (χ4n) is 1.54. The van der Waals surface area contributed by atoms with Crippen LogP contribution in [0.2, 0.25) is 0 Å². The molecule has 0 fully saturated rings. The number of hydrogen-bond acceptors (Lipinski definition) is 4. The minimum atomic E-state index is 0.109. The molecule has 0 bridgehead atoms. The maximum absolute atomic E-state index is 11.8. The van der Waals surface area contributed by atoms with Crippen molar-refractivity contribution in [2.24, 2.45) is 0 Å². The fourth-order valence-corrected chi connectivity index (χ4v) is 1.54. The van der Waals surface area contributed by atoms with Gasteiger partial charge in [0, 0.05) is 38.1 Å². The summed E-state index contributed by atoms with van der Waals surface area (Å²) >= 11 is 0. The normalized spacial score (nSPS) is 9.82. The van der Waals surface area contributed by atoms with Crippen LogP contribution in [0.3, 0.4) is 0 Å². The Kier molecular flexibility index (Phi) is 5.26. The molecule has 17 heavy (non-hydrogen) atoms. The van der Waals surface area contributed by atoms with Gasteiger partial charge in [-0.3, -0.25) is 4.79 Å². The van der Waals surface area contributed by atoms with Gasteiger partial charge >= 0.3 is 0 Å². The summed E-state index contributed by atoms with van der Waals surface area (Å²) in [7, 11) is 1.81. The third-order valence-corrected chi connectivity index (χ3v) is 2.58. The van der Waals surface area contributed by atoms with Gasteiger partial charge in [-0.1, -0.05) is 0 Å². The number of carbonyl (C=O) groups excluding carboxylic acids is 1. The molecule has 0 saturated carbocycles. The minimum Gasteiger partial charge on any atom is -0.376 e. The zero-order valence-electron chi connectivity index (χ0n) is 10.7. The van der Waals surface area contributed by atoms with E-state index >= 15 is 0 Å². The first kappa shape index (κ1) is 13.3. The standard InChI is InChI=1S/C12H20N4O/c1-4-16(5-2)12(17)9-15-10-6-7-14-11(8-10)13-3/h6-8H,4-5,9H2,1-3H3,(H2,13,14,15). The van der Waals surface area contributed by atoms with Gasteiger partial charge < -0.3 is 15.5 Å². The number of nitrogens with zero attached hydrogens (tertiary/aromatic N) is 2. The molecule has 0 atom stereocenters. The van der Waals surface area contributed by atoms with Gasteiger partial charge in [0.1, 0.15) is 5.82 Å². The van der Waals surface area contributed by atoms with Crippen LogP contribution in [0.4, 0.5) is 11.5 Å². The Morgan fingerprint density at radius 3 is 2.71 bits per heavy atom. The Bertz CT molecular complexity index is 363. The van der Waals surface area contributed by atoms with E-state index in [0.29, 0.717) is 6.54 Å². The second-order valence-electron chi connectivity index (χ2n) is 3.60. The predicted octanol–water partition coefficient (Wildman–Crippen LogP) is 1.40. The van der Waals surface area contributed by atoms with Crippen molar-refractivity contribution in [3.8, 4) is 0 Å². The van der Waals surface area contributed by atoms with E-state index in [1.165, 1.54) is 0 Å². The highest BCUT2D eigenvalue weighted by molar-refractivity contribution is 5.80. The van der Waals surface area contributed by atoms with E-state index < -0.39 is 0 Å². The number of pyridine rings is 1. The lowest BCUT2D eigenvalue weighted by molar-refractivity contribution is -0.128. The number of hydrogen-bond donors (Lipinski definition) is 2. The number of likely N-dealkylation sites (N-methyl/N-ethyl adjacent to an activating group) is 1. The van der Waals surface area contributed by atoms with Crippen LogP contribution in [-0.2, 0) is 4.79 Å². The smallest absolute Gasteiger partial charge is 0.241 e. The molecule has 1 aromatic heterocycles. The molecule has 0 radical (unpaired) electrons. The quantitative estimate of drug-likeness (QED) is 0.784. The second-order valence-corrected chi connectivity index (χ2v) is 3.60. The number of anilines is 2. The van der Waals surface area contributed by atoms with Crippen LogP contribution in [0.1, 0.15) is 13.8 Å². The fraction of sp³-hybridized carbons (Fsp3) is 0.500. The van der Waals surface area contributed by atoms with E-state index in [0.717, 1.165) is 24.6 Å². The molecule has 1 rings (SSSR count). The van der Waals surface area contributed by atoms with E-state index in [2.05, 4.69) is 15.6 Å². The third kappa shape index (κ3) is 3.94. The highest BCUT2D eigenvalue weighted by Gasteiger charge is 2.08. The Hall–Kier alpha value is -1.78. The molecule has 0 aliphatic heterocycles. The third-order valence-electron chi connectivity index (χ3n) is 2.58. The molecule has 1 amide bonds. The Morgan fingerprint density at radius 2 is 2.12 bits per heavy atom. The van der Waals surface area contributed by atoms with Gasteiger partial charge in [0.2, 0.25) is 5.91 Å². The monoisotopic (exact) mass is 236 g/mol. The molecule has 1 aromatic rings. The van der Waals surface area contributed by atoms with Crippen molar-refractivity contribution in [1.29, 1.82) is 0 Å². The average molecular weight is 236 g/mol. The number of rotatable bonds is 6. The van der Waals surface area contributed by atoms with Crippen LogP contribution in [0.5, 0.6) is 0 Å². The summed E-state index contributed by atoms with van der Waals surface area (Å²) in [4.78, 5) is 17.7. The molecule has 5 heteroatoms. The van der Waals surface area contributed by atoms with Gasteiger partial charge in [0.25, 0.3) is 0 Å². The van der Waals surface area contributed by atoms with Crippen molar-refractivity contribution >= 4 is 17.4 Å².